The minimum atomic E-state index is -0.277. The molecular weight excluding hydrogens is 413 g/mol. The fraction of sp³-hybridized carbons (Fsp3) is 0.100. The highest BCUT2D eigenvalue weighted by atomic mass is 35.5. The molecule has 0 spiro atoms. The van der Waals surface area contributed by atoms with Gasteiger partial charge in [0, 0.05) is 18.0 Å². The summed E-state index contributed by atoms with van der Waals surface area (Å²) >= 11 is 11.9. The van der Waals surface area contributed by atoms with Gasteiger partial charge in [-0.05, 0) is 30.3 Å². The first kappa shape index (κ1) is 19.2. The molecule has 4 rings (SSSR count). The van der Waals surface area contributed by atoms with Crippen molar-refractivity contribution in [1.82, 2.24) is 19.3 Å². The van der Waals surface area contributed by atoms with Crippen LogP contribution in [-0.2, 0) is 11.3 Å². The number of nitrogens with zero attached hydrogens (tertiary/aromatic N) is 4. The first-order valence-corrected chi connectivity index (χ1v) is 9.52. The molecule has 1 amide bonds. The normalized spacial score (nSPS) is 11.0. The van der Waals surface area contributed by atoms with E-state index in [2.05, 4.69) is 15.4 Å². The standard InChI is InChI=1S/C20H15Cl2N5O2/c21-13-6-7-17(16(22)10-13)25-18(28)8-9-26-12-23-19-15(20(26)29)11-24-27(19)14-4-2-1-3-5-14/h1-7,10-12H,8-9H2,(H,25,28). The Kier molecular flexibility index (Phi) is 5.33. The van der Waals surface area contributed by atoms with Crippen molar-refractivity contribution in [1.29, 1.82) is 0 Å². The summed E-state index contributed by atoms with van der Waals surface area (Å²) in [5.74, 6) is -0.277. The number of benzene rings is 2. The van der Waals surface area contributed by atoms with Gasteiger partial charge in [0.15, 0.2) is 5.65 Å². The molecule has 1 N–H and O–H groups in total. The number of aromatic nitrogens is 4. The molecule has 29 heavy (non-hydrogen) atoms. The molecule has 0 atom stereocenters. The van der Waals surface area contributed by atoms with Gasteiger partial charge in [-0.15, -0.1) is 0 Å². The number of halogens is 2. The third-order valence-electron chi connectivity index (χ3n) is 4.34. The van der Waals surface area contributed by atoms with E-state index in [1.807, 2.05) is 30.3 Å². The van der Waals surface area contributed by atoms with Crippen LogP contribution in [0.25, 0.3) is 16.7 Å². The highest BCUT2D eigenvalue weighted by molar-refractivity contribution is 6.36. The Bertz CT molecular complexity index is 1250. The maximum absolute atomic E-state index is 12.7. The fourth-order valence-corrected chi connectivity index (χ4v) is 3.35. The number of aryl methyl sites for hydroxylation is 1. The Morgan fingerprint density at radius 3 is 2.66 bits per heavy atom. The van der Waals surface area contributed by atoms with Crippen LogP contribution in [0.2, 0.25) is 10.0 Å². The second-order valence-corrected chi connectivity index (χ2v) is 7.14. The Labute approximate surface area is 175 Å². The number of para-hydroxylation sites is 1. The third kappa shape index (κ3) is 4.01. The summed E-state index contributed by atoms with van der Waals surface area (Å²) < 4.78 is 3.00. The van der Waals surface area contributed by atoms with Gasteiger partial charge in [-0.25, -0.2) is 9.67 Å². The van der Waals surface area contributed by atoms with Crippen LogP contribution in [0.4, 0.5) is 5.69 Å². The van der Waals surface area contributed by atoms with Crippen LogP contribution < -0.4 is 10.9 Å². The van der Waals surface area contributed by atoms with Crippen molar-refractivity contribution in [3.8, 4) is 5.69 Å². The molecule has 0 bridgehead atoms. The molecule has 7 nitrogen and oxygen atoms in total. The topological polar surface area (TPSA) is 81.8 Å². The van der Waals surface area contributed by atoms with Gasteiger partial charge < -0.3 is 5.32 Å². The van der Waals surface area contributed by atoms with E-state index in [1.165, 1.54) is 17.1 Å². The van der Waals surface area contributed by atoms with E-state index in [4.69, 9.17) is 23.2 Å². The van der Waals surface area contributed by atoms with Gasteiger partial charge in [0.05, 0.1) is 28.9 Å². The van der Waals surface area contributed by atoms with Crippen LogP contribution in [0.15, 0.2) is 65.8 Å². The highest BCUT2D eigenvalue weighted by Gasteiger charge is 2.13. The molecule has 0 radical (unpaired) electrons. The molecule has 0 aliphatic heterocycles. The van der Waals surface area contributed by atoms with Crippen molar-refractivity contribution in [3.63, 3.8) is 0 Å². The quantitative estimate of drug-likeness (QED) is 0.523. The Morgan fingerprint density at radius 2 is 1.90 bits per heavy atom. The zero-order valence-corrected chi connectivity index (χ0v) is 16.6. The van der Waals surface area contributed by atoms with Crippen molar-refractivity contribution < 1.29 is 4.79 Å². The number of hydrogen-bond acceptors (Lipinski definition) is 4. The summed E-state index contributed by atoms with van der Waals surface area (Å²) in [4.78, 5) is 29.3. The third-order valence-corrected chi connectivity index (χ3v) is 4.89. The second-order valence-electron chi connectivity index (χ2n) is 6.29. The zero-order chi connectivity index (χ0) is 20.4. The summed E-state index contributed by atoms with van der Waals surface area (Å²) in [7, 11) is 0. The minimum Gasteiger partial charge on any atom is -0.325 e. The van der Waals surface area contributed by atoms with Gasteiger partial charge >= 0.3 is 0 Å². The summed E-state index contributed by atoms with van der Waals surface area (Å²) in [5.41, 5.74) is 1.49. The summed E-state index contributed by atoms with van der Waals surface area (Å²) in [6.07, 6.45) is 2.99. The molecule has 0 saturated carbocycles. The van der Waals surface area contributed by atoms with Crippen molar-refractivity contribution in [3.05, 3.63) is 81.5 Å². The van der Waals surface area contributed by atoms with Crippen molar-refractivity contribution >= 4 is 45.8 Å². The lowest BCUT2D eigenvalue weighted by molar-refractivity contribution is -0.116. The van der Waals surface area contributed by atoms with E-state index in [9.17, 15) is 9.59 Å². The van der Waals surface area contributed by atoms with Crippen LogP contribution in [0, 0.1) is 0 Å². The molecule has 146 valence electrons. The van der Waals surface area contributed by atoms with E-state index < -0.39 is 0 Å². The minimum absolute atomic E-state index is 0.0822. The molecule has 2 aromatic carbocycles. The number of hydrogen-bond donors (Lipinski definition) is 1. The number of carbonyl (C=O) groups excluding carboxylic acids is 1. The van der Waals surface area contributed by atoms with Gasteiger partial charge in [-0.1, -0.05) is 41.4 Å². The van der Waals surface area contributed by atoms with Crippen molar-refractivity contribution in [2.75, 3.05) is 5.32 Å². The second kappa shape index (κ2) is 8.06. The molecule has 0 aliphatic rings. The first-order valence-electron chi connectivity index (χ1n) is 8.76. The van der Waals surface area contributed by atoms with Crippen LogP contribution in [0.1, 0.15) is 6.42 Å². The average Bonchev–Trinajstić information content (AvgIpc) is 3.15. The van der Waals surface area contributed by atoms with Gasteiger partial charge in [0.2, 0.25) is 5.91 Å². The lowest BCUT2D eigenvalue weighted by Gasteiger charge is -2.09. The Balaban J connectivity index is 1.51. The number of fused-ring (bicyclic) bond motifs is 1. The lowest BCUT2D eigenvalue weighted by Crippen LogP contribution is -2.23. The van der Waals surface area contributed by atoms with E-state index in [0.29, 0.717) is 26.8 Å². The smallest absolute Gasteiger partial charge is 0.264 e. The predicted molar refractivity (Wildman–Crippen MR) is 113 cm³/mol. The van der Waals surface area contributed by atoms with Crippen molar-refractivity contribution in [2.24, 2.45) is 0 Å². The van der Waals surface area contributed by atoms with E-state index in [1.54, 1.807) is 22.9 Å². The average molecular weight is 428 g/mol. The molecule has 0 unspecified atom stereocenters. The van der Waals surface area contributed by atoms with Crippen LogP contribution in [-0.4, -0.2) is 25.2 Å². The maximum atomic E-state index is 12.7. The van der Waals surface area contributed by atoms with Crippen LogP contribution in [0.3, 0.4) is 0 Å². The highest BCUT2D eigenvalue weighted by Crippen LogP contribution is 2.25. The predicted octanol–water partition coefficient (Wildman–Crippen LogP) is 3.92. The van der Waals surface area contributed by atoms with Crippen LogP contribution >= 0.6 is 23.2 Å². The first-order chi connectivity index (χ1) is 14.0. The van der Waals surface area contributed by atoms with Gasteiger partial charge in [0.1, 0.15) is 5.39 Å². The number of amides is 1. The molecule has 0 aliphatic carbocycles. The summed E-state index contributed by atoms with van der Waals surface area (Å²) in [5, 5.41) is 8.19. The summed E-state index contributed by atoms with van der Waals surface area (Å²) in [6, 6.07) is 14.2. The zero-order valence-electron chi connectivity index (χ0n) is 15.0. The number of anilines is 1. The van der Waals surface area contributed by atoms with Crippen LogP contribution in [0.5, 0.6) is 0 Å². The molecule has 2 aromatic heterocycles. The SMILES string of the molecule is O=C(CCn1cnc2c(cnn2-c2ccccc2)c1=O)Nc1ccc(Cl)cc1Cl. The number of carbonyl (C=O) groups is 1. The Hall–Kier alpha value is -3.16. The summed E-state index contributed by atoms with van der Waals surface area (Å²) in [6.45, 7) is 0.176. The molecule has 0 saturated heterocycles. The largest absolute Gasteiger partial charge is 0.325 e. The van der Waals surface area contributed by atoms with Crippen molar-refractivity contribution in [2.45, 2.75) is 13.0 Å². The number of rotatable bonds is 5. The lowest BCUT2D eigenvalue weighted by atomic mass is 10.3. The maximum Gasteiger partial charge on any atom is 0.264 e. The number of nitrogens with one attached hydrogen (secondary N) is 1. The van der Waals surface area contributed by atoms with E-state index in [0.717, 1.165) is 5.69 Å². The molecule has 9 heteroatoms. The molecule has 0 fully saturated rings. The van der Waals surface area contributed by atoms with Gasteiger partial charge in [0.25, 0.3) is 5.56 Å². The van der Waals surface area contributed by atoms with Gasteiger partial charge in [-0.3, -0.25) is 14.2 Å². The monoisotopic (exact) mass is 427 g/mol. The van der Waals surface area contributed by atoms with E-state index in [-0.39, 0.29) is 24.4 Å². The molecule has 4 aromatic rings. The molecular formula is C20H15Cl2N5O2. The molecule has 2 heterocycles. The van der Waals surface area contributed by atoms with Gasteiger partial charge in [-0.2, -0.15) is 5.10 Å². The fourth-order valence-electron chi connectivity index (χ4n) is 2.89. The van der Waals surface area contributed by atoms with E-state index >= 15 is 0 Å². The Morgan fingerprint density at radius 1 is 1.10 bits per heavy atom.